The molecule has 0 spiro atoms. The maximum Gasteiger partial charge on any atom is 0.233 e. The molecule has 2 fully saturated rings. The first-order valence-corrected chi connectivity index (χ1v) is 6.94. The van der Waals surface area contributed by atoms with Crippen LogP contribution in [0.15, 0.2) is 0 Å². The van der Waals surface area contributed by atoms with E-state index in [1.54, 1.807) is 11.8 Å². The minimum absolute atomic E-state index is 0. The molecule has 5 heteroatoms. The normalized spacial score (nSPS) is 27.4. The standard InChI is InChI=1S/C11H20N2OS.ClH/c12-8-11(5-1-2-6-11)13-10(14)9-4-3-7-15-9;/h9H,1-8,12H2,(H,13,14);1H. The molecule has 0 radical (unpaired) electrons. The van der Waals surface area contributed by atoms with Crippen molar-refractivity contribution in [2.24, 2.45) is 5.73 Å². The first-order valence-electron chi connectivity index (χ1n) is 5.89. The Bertz CT molecular complexity index is 238. The van der Waals surface area contributed by atoms with Crippen LogP contribution in [0.1, 0.15) is 38.5 Å². The van der Waals surface area contributed by atoms with E-state index in [-0.39, 0.29) is 29.1 Å². The molecule has 1 aliphatic heterocycles. The number of hydrogen-bond donors (Lipinski definition) is 2. The lowest BCUT2D eigenvalue weighted by atomic mass is 9.97. The van der Waals surface area contributed by atoms with E-state index in [0.29, 0.717) is 6.54 Å². The Morgan fingerprint density at radius 2 is 2.06 bits per heavy atom. The number of carbonyl (C=O) groups excluding carboxylic acids is 1. The maximum atomic E-state index is 12.0. The van der Waals surface area contributed by atoms with Crippen LogP contribution >= 0.6 is 24.2 Å². The first-order chi connectivity index (χ1) is 7.26. The lowest BCUT2D eigenvalue weighted by molar-refractivity contribution is -0.122. The van der Waals surface area contributed by atoms with E-state index in [9.17, 15) is 4.79 Å². The van der Waals surface area contributed by atoms with Gasteiger partial charge < -0.3 is 11.1 Å². The molecule has 16 heavy (non-hydrogen) atoms. The zero-order chi connectivity index (χ0) is 10.7. The molecule has 2 rings (SSSR count). The number of rotatable bonds is 3. The SMILES string of the molecule is Cl.NCC1(NC(=O)C2CCCS2)CCCC1. The van der Waals surface area contributed by atoms with Gasteiger partial charge in [0.05, 0.1) is 10.8 Å². The summed E-state index contributed by atoms with van der Waals surface area (Å²) in [6, 6.07) is 0. The zero-order valence-electron chi connectivity index (χ0n) is 9.54. The van der Waals surface area contributed by atoms with Gasteiger partial charge in [-0.2, -0.15) is 0 Å². The molecule has 3 nitrogen and oxygen atoms in total. The van der Waals surface area contributed by atoms with Crippen molar-refractivity contribution in [3.63, 3.8) is 0 Å². The minimum Gasteiger partial charge on any atom is -0.348 e. The van der Waals surface area contributed by atoms with Crippen LogP contribution in [-0.4, -0.2) is 29.0 Å². The van der Waals surface area contributed by atoms with Gasteiger partial charge in [-0.1, -0.05) is 12.8 Å². The lowest BCUT2D eigenvalue weighted by Gasteiger charge is -2.29. The van der Waals surface area contributed by atoms with Crippen LogP contribution in [-0.2, 0) is 4.79 Å². The van der Waals surface area contributed by atoms with Crippen molar-refractivity contribution >= 4 is 30.1 Å². The summed E-state index contributed by atoms with van der Waals surface area (Å²) >= 11 is 1.79. The molecule has 1 amide bonds. The van der Waals surface area contributed by atoms with Crippen molar-refractivity contribution in [2.75, 3.05) is 12.3 Å². The van der Waals surface area contributed by atoms with Crippen LogP contribution in [0.3, 0.4) is 0 Å². The van der Waals surface area contributed by atoms with Gasteiger partial charge in [-0.15, -0.1) is 24.2 Å². The molecular weight excluding hydrogens is 244 g/mol. The third kappa shape index (κ3) is 3.05. The molecule has 1 unspecified atom stereocenters. The zero-order valence-corrected chi connectivity index (χ0v) is 11.2. The van der Waals surface area contributed by atoms with Crippen molar-refractivity contribution in [3.05, 3.63) is 0 Å². The van der Waals surface area contributed by atoms with Gasteiger partial charge in [-0.3, -0.25) is 4.79 Å². The molecule has 0 bridgehead atoms. The van der Waals surface area contributed by atoms with Gasteiger partial charge >= 0.3 is 0 Å². The number of amides is 1. The third-order valence-corrected chi connectivity index (χ3v) is 4.94. The van der Waals surface area contributed by atoms with E-state index < -0.39 is 0 Å². The van der Waals surface area contributed by atoms with E-state index >= 15 is 0 Å². The van der Waals surface area contributed by atoms with Crippen molar-refractivity contribution in [1.82, 2.24) is 5.32 Å². The second-order valence-electron chi connectivity index (χ2n) is 4.68. The Hall–Kier alpha value is 0.0700. The predicted octanol–water partition coefficient (Wildman–Crippen LogP) is 1.69. The summed E-state index contributed by atoms with van der Waals surface area (Å²) in [5.41, 5.74) is 5.73. The Morgan fingerprint density at radius 3 is 2.56 bits per heavy atom. The summed E-state index contributed by atoms with van der Waals surface area (Å²) in [6.07, 6.45) is 6.75. The molecule has 0 aromatic rings. The van der Waals surface area contributed by atoms with Crippen molar-refractivity contribution in [3.8, 4) is 0 Å². The largest absolute Gasteiger partial charge is 0.348 e. The molecule has 94 valence electrons. The van der Waals surface area contributed by atoms with E-state index in [1.165, 1.54) is 19.3 Å². The van der Waals surface area contributed by atoms with Crippen LogP contribution in [0, 0.1) is 0 Å². The lowest BCUT2D eigenvalue weighted by Crippen LogP contribution is -2.53. The van der Waals surface area contributed by atoms with Crippen LogP contribution in [0.4, 0.5) is 0 Å². The molecular formula is C11H21ClN2OS. The summed E-state index contributed by atoms with van der Waals surface area (Å²) in [7, 11) is 0. The number of halogens is 1. The number of carbonyl (C=O) groups is 1. The highest BCUT2D eigenvalue weighted by atomic mass is 35.5. The summed E-state index contributed by atoms with van der Waals surface area (Å²) in [6.45, 7) is 0.593. The average molecular weight is 265 g/mol. The van der Waals surface area contributed by atoms with Gasteiger partial charge in [0.1, 0.15) is 0 Å². The fraction of sp³-hybridized carbons (Fsp3) is 0.909. The van der Waals surface area contributed by atoms with Gasteiger partial charge in [-0.25, -0.2) is 0 Å². The van der Waals surface area contributed by atoms with Crippen LogP contribution < -0.4 is 11.1 Å². The Balaban J connectivity index is 0.00000128. The second kappa shape index (κ2) is 6.12. The first kappa shape index (κ1) is 14.1. The average Bonchev–Trinajstić information content (AvgIpc) is 2.88. The smallest absolute Gasteiger partial charge is 0.233 e. The van der Waals surface area contributed by atoms with Gasteiger partial charge in [0.25, 0.3) is 0 Å². The van der Waals surface area contributed by atoms with Gasteiger partial charge in [0, 0.05) is 6.54 Å². The molecule has 2 aliphatic rings. The number of nitrogens with two attached hydrogens (primary N) is 1. The fourth-order valence-corrected chi connectivity index (χ4v) is 3.72. The topological polar surface area (TPSA) is 55.1 Å². The van der Waals surface area contributed by atoms with E-state index in [4.69, 9.17) is 5.73 Å². The van der Waals surface area contributed by atoms with Gasteiger partial charge in [0.15, 0.2) is 0 Å². The van der Waals surface area contributed by atoms with E-state index in [2.05, 4.69) is 5.32 Å². The Morgan fingerprint density at radius 1 is 1.38 bits per heavy atom. The quantitative estimate of drug-likeness (QED) is 0.816. The van der Waals surface area contributed by atoms with Crippen molar-refractivity contribution < 1.29 is 4.79 Å². The monoisotopic (exact) mass is 264 g/mol. The summed E-state index contributed by atoms with van der Waals surface area (Å²) < 4.78 is 0. The van der Waals surface area contributed by atoms with Crippen LogP contribution in [0.2, 0.25) is 0 Å². The Labute approximate surface area is 108 Å². The molecule has 3 N–H and O–H groups in total. The highest BCUT2D eigenvalue weighted by Gasteiger charge is 2.36. The minimum atomic E-state index is -0.0692. The fourth-order valence-electron chi connectivity index (χ4n) is 2.56. The van der Waals surface area contributed by atoms with Crippen molar-refractivity contribution in [1.29, 1.82) is 0 Å². The molecule has 1 saturated heterocycles. The van der Waals surface area contributed by atoms with Crippen LogP contribution in [0.25, 0.3) is 0 Å². The van der Waals surface area contributed by atoms with Gasteiger partial charge in [-0.05, 0) is 31.4 Å². The highest BCUT2D eigenvalue weighted by molar-refractivity contribution is 8.00. The number of thioether (sulfide) groups is 1. The summed E-state index contributed by atoms with van der Waals surface area (Å²) in [4.78, 5) is 12.0. The highest BCUT2D eigenvalue weighted by Crippen LogP contribution is 2.31. The molecule has 0 aromatic heterocycles. The summed E-state index contributed by atoms with van der Waals surface area (Å²) in [5, 5.41) is 3.39. The van der Waals surface area contributed by atoms with Gasteiger partial charge in [0.2, 0.25) is 5.91 Å². The van der Waals surface area contributed by atoms with Crippen LogP contribution in [0.5, 0.6) is 0 Å². The summed E-state index contributed by atoms with van der Waals surface area (Å²) in [5.74, 6) is 1.36. The molecule has 1 atom stereocenters. The van der Waals surface area contributed by atoms with E-state index in [1.807, 2.05) is 0 Å². The molecule has 1 saturated carbocycles. The predicted molar refractivity (Wildman–Crippen MR) is 71.1 cm³/mol. The maximum absolute atomic E-state index is 12.0. The third-order valence-electron chi connectivity index (χ3n) is 3.56. The van der Waals surface area contributed by atoms with E-state index in [0.717, 1.165) is 25.0 Å². The number of nitrogens with one attached hydrogen (secondary N) is 1. The second-order valence-corrected chi connectivity index (χ2v) is 5.99. The van der Waals surface area contributed by atoms with Crippen molar-refractivity contribution in [2.45, 2.75) is 49.3 Å². The number of hydrogen-bond acceptors (Lipinski definition) is 3. The molecule has 1 aliphatic carbocycles. The molecule has 0 aromatic carbocycles. The molecule has 1 heterocycles. The Kier molecular flexibility index (Phi) is 5.41.